The van der Waals surface area contributed by atoms with E-state index in [9.17, 15) is 8.42 Å². The summed E-state index contributed by atoms with van der Waals surface area (Å²) in [4.78, 5) is 0.277. The van der Waals surface area contributed by atoms with Crippen LogP contribution < -0.4 is 4.72 Å². The van der Waals surface area contributed by atoms with Crippen LogP contribution in [0.25, 0.3) is 0 Å². The first kappa shape index (κ1) is 14.5. The molecule has 7 heteroatoms. The van der Waals surface area contributed by atoms with Crippen molar-refractivity contribution in [2.45, 2.75) is 38.0 Å². The fourth-order valence-electron chi connectivity index (χ4n) is 2.44. The number of ether oxygens (including phenoxy) is 1. The van der Waals surface area contributed by atoms with E-state index in [2.05, 4.69) is 14.9 Å². The largest absolute Gasteiger partial charge is 0.381 e. The first-order chi connectivity index (χ1) is 9.00. The van der Waals surface area contributed by atoms with Crippen molar-refractivity contribution in [3.8, 4) is 0 Å². The van der Waals surface area contributed by atoms with Crippen LogP contribution in [0, 0.1) is 19.8 Å². The van der Waals surface area contributed by atoms with E-state index in [1.54, 1.807) is 13.8 Å². The van der Waals surface area contributed by atoms with E-state index in [-0.39, 0.29) is 4.90 Å². The standard InChI is InChI=1S/C12H21N3O3S/c1-9-12(10(2)15-14-9)19(16,17)13-6-3-11-4-7-18-8-5-11/h11,13H,3-8H2,1-2H3,(H,14,15). The first-order valence-corrected chi connectivity index (χ1v) is 8.08. The van der Waals surface area contributed by atoms with Crippen LogP contribution in [0.5, 0.6) is 0 Å². The number of rotatable bonds is 5. The zero-order valence-corrected chi connectivity index (χ0v) is 12.2. The Kier molecular flexibility index (Phi) is 4.59. The predicted octanol–water partition coefficient (Wildman–Crippen LogP) is 1.12. The highest BCUT2D eigenvalue weighted by Crippen LogP contribution is 2.19. The third-order valence-electron chi connectivity index (χ3n) is 3.51. The van der Waals surface area contributed by atoms with E-state index in [0.29, 0.717) is 23.9 Å². The third kappa shape index (κ3) is 3.55. The van der Waals surface area contributed by atoms with Crippen molar-refractivity contribution in [2.75, 3.05) is 19.8 Å². The van der Waals surface area contributed by atoms with Crippen molar-refractivity contribution in [1.82, 2.24) is 14.9 Å². The van der Waals surface area contributed by atoms with Crippen molar-refractivity contribution < 1.29 is 13.2 Å². The second-order valence-electron chi connectivity index (χ2n) is 5.01. The van der Waals surface area contributed by atoms with Gasteiger partial charge in [-0.25, -0.2) is 13.1 Å². The zero-order chi connectivity index (χ0) is 13.9. The molecule has 0 unspecified atom stereocenters. The lowest BCUT2D eigenvalue weighted by Gasteiger charge is -2.21. The third-order valence-corrected chi connectivity index (χ3v) is 5.24. The summed E-state index contributed by atoms with van der Waals surface area (Å²) in [5.74, 6) is 0.558. The molecule has 0 bridgehead atoms. The molecule has 1 saturated heterocycles. The highest BCUT2D eigenvalue weighted by molar-refractivity contribution is 7.89. The first-order valence-electron chi connectivity index (χ1n) is 6.59. The molecule has 108 valence electrons. The van der Waals surface area contributed by atoms with Crippen LogP contribution in [0.15, 0.2) is 4.90 Å². The molecule has 1 aromatic heterocycles. The topological polar surface area (TPSA) is 84.1 Å². The molecule has 1 fully saturated rings. The van der Waals surface area contributed by atoms with Crippen LogP contribution in [0.3, 0.4) is 0 Å². The van der Waals surface area contributed by atoms with Crippen LogP contribution >= 0.6 is 0 Å². The van der Waals surface area contributed by atoms with Gasteiger partial charge in [0.15, 0.2) is 0 Å². The Morgan fingerprint density at radius 1 is 1.37 bits per heavy atom. The number of sulfonamides is 1. The molecular weight excluding hydrogens is 266 g/mol. The fourth-order valence-corrected chi connectivity index (χ4v) is 3.86. The molecule has 19 heavy (non-hydrogen) atoms. The molecule has 1 aliphatic rings. The SMILES string of the molecule is Cc1n[nH]c(C)c1S(=O)(=O)NCCC1CCOCC1. The van der Waals surface area contributed by atoms with E-state index in [0.717, 1.165) is 32.5 Å². The van der Waals surface area contributed by atoms with Gasteiger partial charge in [0.25, 0.3) is 0 Å². The lowest BCUT2D eigenvalue weighted by atomic mass is 9.97. The Bertz CT molecular complexity index is 499. The maximum absolute atomic E-state index is 12.2. The summed E-state index contributed by atoms with van der Waals surface area (Å²) in [6.07, 6.45) is 2.90. The summed E-state index contributed by atoms with van der Waals surface area (Å²) >= 11 is 0. The van der Waals surface area contributed by atoms with Gasteiger partial charge >= 0.3 is 0 Å². The number of aryl methyl sites for hydroxylation is 2. The Morgan fingerprint density at radius 3 is 2.63 bits per heavy atom. The summed E-state index contributed by atoms with van der Waals surface area (Å²) < 4.78 is 32.3. The monoisotopic (exact) mass is 287 g/mol. The van der Waals surface area contributed by atoms with Gasteiger partial charge in [0, 0.05) is 19.8 Å². The maximum Gasteiger partial charge on any atom is 0.244 e. The van der Waals surface area contributed by atoms with E-state index < -0.39 is 10.0 Å². The average Bonchev–Trinajstić information content (AvgIpc) is 2.70. The van der Waals surface area contributed by atoms with Gasteiger partial charge in [0.05, 0.1) is 11.4 Å². The van der Waals surface area contributed by atoms with Crippen molar-refractivity contribution >= 4 is 10.0 Å². The van der Waals surface area contributed by atoms with Gasteiger partial charge < -0.3 is 4.74 Å². The Hall–Kier alpha value is -0.920. The van der Waals surface area contributed by atoms with E-state index in [4.69, 9.17) is 4.74 Å². The molecule has 0 spiro atoms. The lowest BCUT2D eigenvalue weighted by Crippen LogP contribution is -2.28. The van der Waals surface area contributed by atoms with Crippen molar-refractivity contribution in [1.29, 1.82) is 0 Å². The highest BCUT2D eigenvalue weighted by Gasteiger charge is 2.22. The van der Waals surface area contributed by atoms with Gasteiger partial charge in [-0.3, -0.25) is 5.10 Å². The van der Waals surface area contributed by atoms with E-state index in [1.807, 2.05) is 0 Å². The van der Waals surface area contributed by atoms with E-state index in [1.165, 1.54) is 0 Å². The molecule has 0 radical (unpaired) electrons. The number of nitrogens with one attached hydrogen (secondary N) is 2. The average molecular weight is 287 g/mol. The van der Waals surface area contributed by atoms with Gasteiger partial charge in [-0.05, 0) is 39.0 Å². The minimum Gasteiger partial charge on any atom is -0.381 e. The molecule has 0 aromatic carbocycles. The summed E-state index contributed by atoms with van der Waals surface area (Å²) in [5.41, 5.74) is 1.09. The molecule has 0 amide bonds. The number of aromatic amines is 1. The molecule has 1 aromatic rings. The Labute approximate surface area is 114 Å². The van der Waals surface area contributed by atoms with Gasteiger partial charge in [-0.15, -0.1) is 0 Å². The highest BCUT2D eigenvalue weighted by atomic mass is 32.2. The summed E-state index contributed by atoms with van der Waals surface area (Å²) in [6.45, 7) is 5.45. The number of hydrogen-bond donors (Lipinski definition) is 2. The molecule has 6 nitrogen and oxygen atoms in total. The minimum atomic E-state index is -3.45. The maximum atomic E-state index is 12.2. The molecule has 0 aliphatic carbocycles. The molecule has 2 heterocycles. The summed E-state index contributed by atoms with van der Waals surface area (Å²) in [7, 11) is -3.45. The van der Waals surface area contributed by atoms with Gasteiger partial charge in [-0.2, -0.15) is 5.10 Å². The number of hydrogen-bond acceptors (Lipinski definition) is 4. The van der Waals surface area contributed by atoms with Crippen LogP contribution in [0.1, 0.15) is 30.7 Å². The summed E-state index contributed by atoms with van der Waals surface area (Å²) in [6, 6.07) is 0. The Balaban J connectivity index is 1.91. The van der Waals surface area contributed by atoms with Crippen molar-refractivity contribution in [3.05, 3.63) is 11.4 Å². The second kappa shape index (κ2) is 6.02. The second-order valence-corrected chi connectivity index (χ2v) is 6.71. The smallest absolute Gasteiger partial charge is 0.244 e. The summed E-state index contributed by atoms with van der Waals surface area (Å²) in [5, 5.41) is 6.62. The van der Waals surface area contributed by atoms with E-state index >= 15 is 0 Å². The number of nitrogens with zero attached hydrogens (tertiary/aromatic N) is 1. The minimum absolute atomic E-state index is 0.277. The van der Waals surface area contributed by atoms with Crippen LogP contribution in [0.2, 0.25) is 0 Å². The molecule has 1 aliphatic heterocycles. The number of H-pyrrole nitrogens is 1. The normalized spacial score (nSPS) is 17.8. The molecular formula is C12H21N3O3S. The van der Waals surface area contributed by atoms with Crippen molar-refractivity contribution in [3.63, 3.8) is 0 Å². The van der Waals surface area contributed by atoms with Gasteiger partial charge in [0.2, 0.25) is 10.0 Å². The zero-order valence-electron chi connectivity index (χ0n) is 11.4. The molecule has 2 rings (SSSR count). The lowest BCUT2D eigenvalue weighted by molar-refractivity contribution is 0.0644. The molecule has 0 saturated carbocycles. The Morgan fingerprint density at radius 2 is 2.05 bits per heavy atom. The molecule has 0 atom stereocenters. The predicted molar refractivity (Wildman–Crippen MR) is 71.4 cm³/mol. The fraction of sp³-hybridized carbons (Fsp3) is 0.750. The van der Waals surface area contributed by atoms with Crippen LogP contribution in [0.4, 0.5) is 0 Å². The van der Waals surface area contributed by atoms with Crippen LogP contribution in [-0.4, -0.2) is 38.4 Å². The number of aromatic nitrogens is 2. The van der Waals surface area contributed by atoms with Gasteiger partial charge in [-0.1, -0.05) is 0 Å². The van der Waals surface area contributed by atoms with Crippen molar-refractivity contribution in [2.24, 2.45) is 5.92 Å². The van der Waals surface area contributed by atoms with Gasteiger partial charge in [0.1, 0.15) is 4.90 Å². The van der Waals surface area contributed by atoms with Crippen LogP contribution in [-0.2, 0) is 14.8 Å². The quantitative estimate of drug-likeness (QED) is 0.850. The molecule has 2 N–H and O–H groups in total.